The fourth-order valence-electron chi connectivity index (χ4n) is 10.4. The van der Waals surface area contributed by atoms with Crippen molar-refractivity contribution in [2.24, 2.45) is 45.3 Å². The Morgan fingerprint density at radius 2 is 1.73 bits per heavy atom. The van der Waals surface area contributed by atoms with E-state index < -0.39 is 5.60 Å². The molecule has 2 nitrogen and oxygen atoms in total. The van der Waals surface area contributed by atoms with Crippen LogP contribution in [-0.2, 0) is 4.74 Å². The third kappa shape index (κ3) is 3.71. The van der Waals surface area contributed by atoms with E-state index >= 15 is 0 Å². The molecule has 9 unspecified atom stereocenters. The molecule has 1 N–H and O–H groups in total. The number of allylic oxidation sites excluding steroid dienone is 2. The van der Waals surface area contributed by atoms with Crippen LogP contribution >= 0.6 is 0 Å². The molecule has 33 heavy (non-hydrogen) atoms. The van der Waals surface area contributed by atoms with E-state index in [1.165, 1.54) is 50.5 Å². The number of ether oxygens (including phenoxy) is 1. The van der Waals surface area contributed by atoms with Gasteiger partial charge in [-0.25, -0.2) is 0 Å². The van der Waals surface area contributed by atoms with Crippen LogP contribution in [0.2, 0.25) is 0 Å². The molecule has 1 radical (unpaired) electrons. The highest BCUT2D eigenvalue weighted by atomic mass is 16.5. The highest BCUT2D eigenvalue weighted by molar-refractivity contribution is 5.21. The smallest absolute Gasteiger partial charge is 0.0653 e. The van der Waals surface area contributed by atoms with Crippen LogP contribution in [0, 0.1) is 51.8 Å². The first-order valence-electron chi connectivity index (χ1n) is 14.0. The quantitative estimate of drug-likeness (QED) is 0.424. The first kappa shape index (κ1) is 25.7. The van der Waals surface area contributed by atoms with Crippen molar-refractivity contribution in [3.05, 3.63) is 18.1 Å². The molecule has 4 fully saturated rings. The fraction of sp³-hybridized carbons (Fsp3) is 0.903. The summed E-state index contributed by atoms with van der Waals surface area (Å²) in [5.41, 5.74) is 2.04. The van der Waals surface area contributed by atoms with E-state index in [0.717, 1.165) is 18.8 Å². The average molecular weight is 458 g/mol. The Hall–Kier alpha value is -0.340. The van der Waals surface area contributed by atoms with Gasteiger partial charge in [-0.2, -0.15) is 0 Å². The molecular formula is C31H53O2. The van der Waals surface area contributed by atoms with Gasteiger partial charge in [0.05, 0.1) is 11.7 Å². The lowest BCUT2D eigenvalue weighted by Crippen LogP contribution is -2.64. The van der Waals surface area contributed by atoms with Crippen molar-refractivity contribution in [2.75, 3.05) is 7.11 Å². The molecular weight excluding hydrogens is 404 g/mol. The maximum Gasteiger partial charge on any atom is 0.0653 e. The van der Waals surface area contributed by atoms with Gasteiger partial charge in [0.2, 0.25) is 0 Å². The standard InChI is InChI=1S/C31H53O2/c1-21(2)11-10-17-31(8,32)23-14-19-29(6)22(23)12-13-25-28(5)18-16-26(33-9)27(3,4)24(28)15-20-30(25,29)7/h11,15,22-26,32H,10,12-14,16-20H2,1-9H3. The number of aliphatic hydroxyl groups is 1. The Labute approximate surface area is 205 Å². The van der Waals surface area contributed by atoms with E-state index in [9.17, 15) is 5.11 Å². The summed E-state index contributed by atoms with van der Waals surface area (Å²) in [6, 6.07) is 0. The fourth-order valence-corrected chi connectivity index (χ4v) is 10.4. The van der Waals surface area contributed by atoms with Gasteiger partial charge in [0.15, 0.2) is 0 Å². The Kier molecular flexibility index (Phi) is 6.52. The highest BCUT2D eigenvalue weighted by Crippen LogP contribution is 2.75. The second-order valence-corrected chi connectivity index (χ2v) is 14.4. The van der Waals surface area contributed by atoms with Gasteiger partial charge < -0.3 is 9.84 Å². The normalized spacial score (nSPS) is 48.2. The molecule has 189 valence electrons. The number of hydrogen-bond acceptors (Lipinski definition) is 2. The molecule has 0 spiro atoms. The molecule has 4 saturated carbocycles. The second-order valence-electron chi connectivity index (χ2n) is 14.4. The first-order valence-corrected chi connectivity index (χ1v) is 14.0. The summed E-state index contributed by atoms with van der Waals surface area (Å²) in [5, 5.41) is 11.7. The lowest BCUT2D eigenvalue weighted by Gasteiger charge is -2.70. The summed E-state index contributed by atoms with van der Waals surface area (Å²) in [7, 11) is 1.91. The van der Waals surface area contributed by atoms with Crippen LogP contribution < -0.4 is 0 Å². The maximum atomic E-state index is 11.7. The molecule has 0 aromatic heterocycles. The number of hydrogen-bond donors (Lipinski definition) is 1. The zero-order chi connectivity index (χ0) is 24.4. The van der Waals surface area contributed by atoms with Crippen LogP contribution in [0.1, 0.15) is 113 Å². The minimum absolute atomic E-state index is 0.202. The minimum Gasteiger partial charge on any atom is -0.390 e. The topological polar surface area (TPSA) is 29.5 Å². The van der Waals surface area contributed by atoms with E-state index in [2.05, 4.69) is 67.9 Å². The summed E-state index contributed by atoms with van der Waals surface area (Å²) in [4.78, 5) is 0. The summed E-state index contributed by atoms with van der Waals surface area (Å²) in [6.07, 6.45) is 16.2. The number of methoxy groups -OCH3 is 1. The minimum atomic E-state index is -0.555. The van der Waals surface area contributed by atoms with Crippen molar-refractivity contribution in [1.29, 1.82) is 0 Å². The van der Waals surface area contributed by atoms with Gasteiger partial charge in [0, 0.05) is 7.11 Å². The lowest BCUT2D eigenvalue weighted by atomic mass is 9.35. The predicted octanol–water partition coefficient (Wildman–Crippen LogP) is 8.00. The van der Waals surface area contributed by atoms with Gasteiger partial charge in [-0.1, -0.05) is 46.3 Å². The summed E-state index contributed by atoms with van der Waals surface area (Å²) in [6.45, 7) is 19.3. The van der Waals surface area contributed by atoms with E-state index in [1.807, 2.05) is 7.11 Å². The van der Waals surface area contributed by atoms with Crippen LogP contribution in [-0.4, -0.2) is 23.9 Å². The number of fused-ring (bicyclic) bond motifs is 5. The molecule has 4 aliphatic rings. The molecule has 9 atom stereocenters. The van der Waals surface area contributed by atoms with Crippen molar-refractivity contribution >= 4 is 0 Å². The van der Waals surface area contributed by atoms with Gasteiger partial charge >= 0.3 is 0 Å². The van der Waals surface area contributed by atoms with Crippen molar-refractivity contribution in [3.8, 4) is 0 Å². The molecule has 0 saturated heterocycles. The second kappa shape index (κ2) is 8.36. The molecule has 4 rings (SSSR count). The SMILES string of the molecule is COC1CCC2(C)C([CH]CC3(C)C2CCC2C(C(C)(O)CCC=C(C)C)CCC23C)C1(C)C. The highest BCUT2D eigenvalue weighted by Gasteiger charge is 2.69. The Morgan fingerprint density at radius 1 is 1.03 bits per heavy atom. The van der Waals surface area contributed by atoms with E-state index in [-0.39, 0.29) is 5.41 Å². The van der Waals surface area contributed by atoms with Crippen LogP contribution in [0.15, 0.2) is 11.6 Å². The Morgan fingerprint density at radius 3 is 2.36 bits per heavy atom. The molecule has 0 aliphatic heterocycles. The summed E-state index contributed by atoms with van der Waals surface area (Å²) in [5.74, 6) is 2.49. The largest absolute Gasteiger partial charge is 0.390 e. The van der Waals surface area contributed by atoms with Crippen LogP contribution in [0.5, 0.6) is 0 Å². The first-order chi connectivity index (χ1) is 15.2. The van der Waals surface area contributed by atoms with Gasteiger partial charge in [-0.15, -0.1) is 0 Å². The van der Waals surface area contributed by atoms with Crippen LogP contribution in [0.4, 0.5) is 0 Å². The van der Waals surface area contributed by atoms with E-state index in [0.29, 0.717) is 40.1 Å². The van der Waals surface area contributed by atoms with Crippen LogP contribution in [0.25, 0.3) is 0 Å². The Bertz CT molecular complexity index is 761. The number of rotatable bonds is 5. The summed E-state index contributed by atoms with van der Waals surface area (Å²) < 4.78 is 6.00. The van der Waals surface area contributed by atoms with Crippen molar-refractivity contribution in [3.63, 3.8) is 0 Å². The molecule has 0 heterocycles. The molecule has 4 aliphatic carbocycles. The molecule has 0 aromatic carbocycles. The van der Waals surface area contributed by atoms with Crippen LogP contribution in [0.3, 0.4) is 0 Å². The molecule has 2 heteroatoms. The van der Waals surface area contributed by atoms with Gasteiger partial charge in [0.1, 0.15) is 0 Å². The molecule has 0 bridgehead atoms. The van der Waals surface area contributed by atoms with Crippen molar-refractivity contribution in [1.82, 2.24) is 0 Å². The monoisotopic (exact) mass is 457 g/mol. The maximum absolute atomic E-state index is 11.7. The van der Waals surface area contributed by atoms with E-state index in [4.69, 9.17) is 4.74 Å². The van der Waals surface area contributed by atoms with Gasteiger partial charge in [0.25, 0.3) is 0 Å². The molecule has 0 amide bonds. The summed E-state index contributed by atoms with van der Waals surface area (Å²) >= 11 is 0. The van der Waals surface area contributed by atoms with Crippen molar-refractivity contribution in [2.45, 2.75) is 125 Å². The average Bonchev–Trinajstić information content (AvgIpc) is 3.06. The van der Waals surface area contributed by atoms with Crippen molar-refractivity contribution < 1.29 is 9.84 Å². The Balaban J connectivity index is 1.61. The third-order valence-electron chi connectivity index (χ3n) is 12.3. The zero-order valence-corrected chi connectivity index (χ0v) is 23.3. The third-order valence-corrected chi connectivity index (χ3v) is 12.3. The molecule has 0 aromatic rings. The zero-order valence-electron chi connectivity index (χ0n) is 23.3. The lowest BCUT2D eigenvalue weighted by molar-refractivity contribution is -0.210. The predicted molar refractivity (Wildman–Crippen MR) is 139 cm³/mol. The van der Waals surface area contributed by atoms with Gasteiger partial charge in [-0.05, 0) is 130 Å². The van der Waals surface area contributed by atoms with E-state index in [1.54, 1.807) is 0 Å². The van der Waals surface area contributed by atoms with Gasteiger partial charge in [-0.3, -0.25) is 0 Å².